The van der Waals surface area contributed by atoms with Gasteiger partial charge in [-0.1, -0.05) is 12.8 Å². The number of aliphatic hydroxyl groups excluding tert-OH is 1. The van der Waals surface area contributed by atoms with Crippen LogP contribution in [0.3, 0.4) is 0 Å². The molecule has 1 saturated heterocycles. The van der Waals surface area contributed by atoms with E-state index >= 15 is 0 Å². The minimum atomic E-state index is 0.305. The van der Waals surface area contributed by atoms with Crippen LogP contribution in [-0.4, -0.2) is 49.0 Å². The van der Waals surface area contributed by atoms with Gasteiger partial charge in [-0.2, -0.15) is 0 Å². The fraction of sp³-hybridized carbons (Fsp3) is 1.00. The van der Waals surface area contributed by atoms with Gasteiger partial charge < -0.3 is 9.84 Å². The van der Waals surface area contributed by atoms with Gasteiger partial charge in [0.2, 0.25) is 0 Å². The van der Waals surface area contributed by atoms with Crippen LogP contribution in [0.15, 0.2) is 0 Å². The van der Waals surface area contributed by atoms with Crippen molar-refractivity contribution in [3.8, 4) is 0 Å². The Balaban J connectivity index is 1.80. The van der Waals surface area contributed by atoms with E-state index in [1.165, 1.54) is 45.1 Å². The molecular formula is C13H25NO2. The first kappa shape index (κ1) is 12.3. The Morgan fingerprint density at radius 3 is 2.38 bits per heavy atom. The summed E-state index contributed by atoms with van der Waals surface area (Å²) in [6.45, 7) is 4.21. The highest BCUT2D eigenvalue weighted by Crippen LogP contribution is 2.25. The van der Waals surface area contributed by atoms with E-state index in [1.54, 1.807) is 0 Å². The lowest BCUT2D eigenvalue weighted by Gasteiger charge is -2.33. The van der Waals surface area contributed by atoms with E-state index in [2.05, 4.69) is 4.90 Å². The quantitative estimate of drug-likeness (QED) is 0.775. The molecule has 1 saturated carbocycles. The summed E-state index contributed by atoms with van der Waals surface area (Å²) in [5, 5.41) is 9.16. The van der Waals surface area contributed by atoms with E-state index in [9.17, 15) is 0 Å². The second-order valence-electron chi connectivity index (χ2n) is 5.21. The molecule has 94 valence electrons. The van der Waals surface area contributed by atoms with E-state index < -0.39 is 0 Å². The minimum absolute atomic E-state index is 0.305. The summed E-state index contributed by atoms with van der Waals surface area (Å²) in [5.74, 6) is 0.792. The zero-order valence-corrected chi connectivity index (χ0v) is 10.2. The SMILES string of the molecule is OCCN(CC1CCOCC1)C1CCCC1. The topological polar surface area (TPSA) is 32.7 Å². The normalized spacial score (nSPS) is 24.4. The molecule has 0 unspecified atom stereocenters. The third-order valence-corrected chi connectivity index (χ3v) is 4.06. The maximum absolute atomic E-state index is 9.16. The van der Waals surface area contributed by atoms with Gasteiger partial charge in [0.15, 0.2) is 0 Å². The third-order valence-electron chi connectivity index (χ3n) is 4.06. The van der Waals surface area contributed by atoms with Crippen LogP contribution in [0.25, 0.3) is 0 Å². The van der Waals surface area contributed by atoms with Crippen LogP contribution in [0.1, 0.15) is 38.5 Å². The first-order chi connectivity index (χ1) is 7.90. The Labute approximate surface area is 98.8 Å². The second-order valence-corrected chi connectivity index (χ2v) is 5.21. The Bertz CT molecular complexity index is 186. The largest absolute Gasteiger partial charge is 0.395 e. The fourth-order valence-corrected chi connectivity index (χ4v) is 3.08. The molecule has 1 aliphatic heterocycles. The second kappa shape index (κ2) is 6.58. The Morgan fingerprint density at radius 1 is 1.06 bits per heavy atom. The van der Waals surface area contributed by atoms with E-state index in [0.717, 1.165) is 31.7 Å². The van der Waals surface area contributed by atoms with E-state index in [0.29, 0.717) is 6.61 Å². The van der Waals surface area contributed by atoms with E-state index in [-0.39, 0.29) is 0 Å². The van der Waals surface area contributed by atoms with Crippen LogP contribution in [0.5, 0.6) is 0 Å². The van der Waals surface area contributed by atoms with Crippen molar-refractivity contribution in [2.45, 2.75) is 44.6 Å². The number of hydrogen-bond acceptors (Lipinski definition) is 3. The van der Waals surface area contributed by atoms with Crippen LogP contribution in [0.2, 0.25) is 0 Å². The molecule has 3 heteroatoms. The van der Waals surface area contributed by atoms with Crippen LogP contribution in [-0.2, 0) is 4.74 Å². The highest BCUT2D eigenvalue weighted by molar-refractivity contribution is 4.79. The summed E-state index contributed by atoms with van der Waals surface area (Å²) < 4.78 is 5.40. The molecule has 2 fully saturated rings. The maximum atomic E-state index is 9.16. The number of nitrogens with zero attached hydrogens (tertiary/aromatic N) is 1. The Kier molecular flexibility index (Phi) is 5.07. The summed E-state index contributed by atoms with van der Waals surface area (Å²) >= 11 is 0. The number of hydrogen-bond donors (Lipinski definition) is 1. The molecule has 0 bridgehead atoms. The van der Waals surface area contributed by atoms with Crippen molar-refractivity contribution in [2.75, 3.05) is 32.9 Å². The van der Waals surface area contributed by atoms with Gasteiger partial charge in [-0.05, 0) is 31.6 Å². The average molecular weight is 227 g/mol. The zero-order chi connectivity index (χ0) is 11.2. The molecule has 0 spiro atoms. The van der Waals surface area contributed by atoms with Gasteiger partial charge >= 0.3 is 0 Å². The van der Waals surface area contributed by atoms with Gasteiger partial charge in [-0.15, -0.1) is 0 Å². The van der Waals surface area contributed by atoms with Crippen molar-refractivity contribution in [1.82, 2.24) is 4.90 Å². The van der Waals surface area contributed by atoms with Crippen molar-refractivity contribution >= 4 is 0 Å². The van der Waals surface area contributed by atoms with E-state index in [4.69, 9.17) is 9.84 Å². The molecule has 1 heterocycles. The van der Waals surface area contributed by atoms with Gasteiger partial charge in [-0.25, -0.2) is 0 Å². The molecule has 2 aliphatic rings. The van der Waals surface area contributed by atoms with E-state index in [1.807, 2.05) is 0 Å². The zero-order valence-electron chi connectivity index (χ0n) is 10.2. The minimum Gasteiger partial charge on any atom is -0.395 e. The van der Waals surface area contributed by atoms with Gasteiger partial charge in [-0.3, -0.25) is 4.90 Å². The van der Waals surface area contributed by atoms with Gasteiger partial charge in [0.1, 0.15) is 0 Å². The predicted octanol–water partition coefficient (Wildman–Crippen LogP) is 1.65. The van der Waals surface area contributed by atoms with Gasteiger partial charge in [0.05, 0.1) is 6.61 Å². The molecule has 0 aromatic heterocycles. The third kappa shape index (κ3) is 3.44. The summed E-state index contributed by atoms with van der Waals surface area (Å²) in [6, 6.07) is 0.745. The molecule has 1 aliphatic carbocycles. The number of ether oxygens (including phenoxy) is 1. The van der Waals surface area contributed by atoms with Crippen molar-refractivity contribution in [2.24, 2.45) is 5.92 Å². The fourth-order valence-electron chi connectivity index (χ4n) is 3.08. The monoisotopic (exact) mass is 227 g/mol. The van der Waals surface area contributed by atoms with Crippen molar-refractivity contribution in [3.63, 3.8) is 0 Å². The van der Waals surface area contributed by atoms with Crippen LogP contribution < -0.4 is 0 Å². The molecule has 16 heavy (non-hydrogen) atoms. The smallest absolute Gasteiger partial charge is 0.0558 e. The van der Waals surface area contributed by atoms with Crippen molar-refractivity contribution < 1.29 is 9.84 Å². The first-order valence-corrected chi connectivity index (χ1v) is 6.83. The molecule has 3 nitrogen and oxygen atoms in total. The summed E-state index contributed by atoms with van der Waals surface area (Å²) in [7, 11) is 0. The maximum Gasteiger partial charge on any atom is 0.0558 e. The molecule has 0 aromatic rings. The van der Waals surface area contributed by atoms with Gasteiger partial charge in [0.25, 0.3) is 0 Å². The lowest BCUT2D eigenvalue weighted by Crippen LogP contribution is -2.40. The molecule has 0 radical (unpaired) electrons. The highest BCUT2D eigenvalue weighted by atomic mass is 16.5. The molecule has 2 rings (SSSR count). The first-order valence-electron chi connectivity index (χ1n) is 6.83. The lowest BCUT2D eigenvalue weighted by atomic mass is 9.98. The van der Waals surface area contributed by atoms with Crippen LogP contribution in [0, 0.1) is 5.92 Å². The highest BCUT2D eigenvalue weighted by Gasteiger charge is 2.25. The summed E-state index contributed by atoms with van der Waals surface area (Å²) in [5.41, 5.74) is 0. The summed E-state index contributed by atoms with van der Waals surface area (Å²) in [4.78, 5) is 2.53. The number of aliphatic hydroxyl groups is 1. The van der Waals surface area contributed by atoms with Crippen LogP contribution in [0.4, 0.5) is 0 Å². The van der Waals surface area contributed by atoms with Crippen LogP contribution >= 0.6 is 0 Å². The standard InChI is InChI=1S/C13H25NO2/c15-8-7-14(13-3-1-2-4-13)11-12-5-9-16-10-6-12/h12-13,15H,1-11H2. The molecule has 0 atom stereocenters. The molecule has 0 amide bonds. The molecular weight excluding hydrogens is 202 g/mol. The predicted molar refractivity (Wildman–Crippen MR) is 64.5 cm³/mol. The van der Waals surface area contributed by atoms with Gasteiger partial charge in [0, 0.05) is 32.3 Å². The Morgan fingerprint density at radius 2 is 1.75 bits per heavy atom. The lowest BCUT2D eigenvalue weighted by molar-refractivity contribution is 0.0416. The van der Waals surface area contributed by atoms with Crippen molar-refractivity contribution in [1.29, 1.82) is 0 Å². The Hall–Kier alpha value is -0.120. The molecule has 0 aromatic carbocycles. The number of rotatable bonds is 5. The molecule has 1 N–H and O–H groups in total. The average Bonchev–Trinajstić information content (AvgIpc) is 2.83. The van der Waals surface area contributed by atoms with Crippen molar-refractivity contribution in [3.05, 3.63) is 0 Å². The summed E-state index contributed by atoms with van der Waals surface area (Å²) in [6.07, 6.45) is 7.83.